The zero-order valence-corrected chi connectivity index (χ0v) is 13.3. The van der Waals surface area contributed by atoms with Crippen LogP contribution >= 0.6 is 0 Å². The van der Waals surface area contributed by atoms with Crippen molar-refractivity contribution in [2.75, 3.05) is 18.8 Å². The Morgan fingerprint density at radius 2 is 1.81 bits per heavy atom. The van der Waals surface area contributed by atoms with Crippen LogP contribution < -0.4 is 5.73 Å². The van der Waals surface area contributed by atoms with Crippen molar-refractivity contribution >= 4 is 16.6 Å². The summed E-state index contributed by atoms with van der Waals surface area (Å²) in [6, 6.07) is 6.75. The maximum absolute atomic E-state index is 6.27. The van der Waals surface area contributed by atoms with Crippen molar-refractivity contribution < 1.29 is 0 Å². The minimum Gasteiger partial charge on any atom is -0.398 e. The fourth-order valence-corrected chi connectivity index (χ4v) is 3.51. The molecule has 1 aliphatic rings. The SMILES string of the molecule is CC(C)n1cc(CN2CCCCCC2)c2c(N)cccc21. The fourth-order valence-electron chi connectivity index (χ4n) is 3.51. The first-order chi connectivity index (χ1) is 10.2. The van der Waals surface area contributed by atoms with Crippen molar-refractivity contribution in [1.29, 1.82) is 0 Å². The molecule has 0 aliphatic carbocycles. The number of nitrogens with two attached hydrogens (primary N) is 1. The van der Waals surface area contributed by atoms with E-state index in [1.54, 1.807) is 0 Å². The molecule has 2 heterocycles. The Morgan fingerprint density at radius 1 is 1.10 bits per heavy atom. The number of aromatic nitrogens is 1. The number of anilines is 1. The van der Waals surface area contributed by atoms with Crippen LogP contribution in [0.1, 0.15) is 51.1 Å². The van der Waals surface area contributed by atoms with Gasteiger partial charge in [-0.25, -0.2) is 0 Å². The Bertz CT molecular complexity index is 604. The number of nitrogens with zero attached hydrogens (tertiary/aromatic N) is 2. The molecular formula is C18H27N3. The van der Waals surface area contributed by atoms with Gasteiger partial charge in [0, 0.05) is 29.9 Å². The third-order valence-electron chi connectivity index (χ3n) is 4.62. The van der Waals surface area contributed by atoms with Crippen molar-refractivity contribution in [3.8, 4) is 0 Å². The van der Waals surface area contributed by atoms with Gasteiger partial charge in [-0.2, -0.15) is 0 Å². The highest BCUT2D eigenvalue weighted by molar-refractivity contribution is 5.94. The highest BCUT2D eigenvalue weighted by Gasteiger charge is 2.16. The van der Waals surface area contributed by atoms with E-state index in [1.807, 2.05) is 6.07 Å². The lowest BCUT2D eigenvalue weighted by atomic mass is 10.1. The van der Waals surface area contributed by atoms with Gasteiger partial charge in [-0.15, -0.1) is 0 Å². The summed E-state index contributed by atoms with van der Waals surface area (Å²) in [5, 5.41) is 1.26. The molecule has 0 bridgehead atoms. The predicted molar refractivity (Wildman–Crippen MR) is 90.5 cm³/mol. The molecule has 3 rings (SSSR count). The molecular weight excluding hydrogens is 258 g/mol. The predicted octanol–water partition coefficient (Wildman–Crippen LogP) is 4.18. The van der Waals surface area contributed by atoms with Crippen LogP contribution in [0.5, 0.6) is 0 Å². The van der Waals surface area contributed by atoms with Gasteiger partial charge < -0.3 is 10.3 Å². The first kappa shape index (κ1) is 14.5. The van der Waals surface area contributed by atoms with Crippen molar-refractivity contribution in [1.82, 2.24) is 9.47 Å². The molecule has 0 amide bonds. The molecule has 0 atom stereocenters. The average Bonchev–Trinajstić information content (AvgIpc) is 2.64. The fraction of sp³-hybridized carbons (Fsp3) is 0.556. The molecule has 2 N–H and O–H groups in total. The zero-order chi connectivity index (χ0) is 14.8. The van der Waals surface area contributed by atoms with E-state index in [0.717, 1.165) is 12.2 Å². The van der Waals surface area contributed by atoms with E-state index in [-0.39, 0.29) is 0 Å². The number of hydrogen-bond acceptors (Lipinski definition) is 2. The Labute approximate surface area is 127 Å². The summed E-state index contributed by atoms with van der Waals surface area (Å²) in [7, 11) is 0. The van der Waals surface area contributed by atoms with E-state index in [4.69, 9.17) is 5.73 Å². The second kappa shape index (κ2) is 6.10. The number of likely N-dealkylation sites (tertiary alicyclic amines) is 1. The van der Waals surface area contributed by atoms with E-state index in [1.165, 1.54) is 55.2 Å². The summed E-state index contributed by atoms with van der Waals surface area (Å²) in [6.45, 7) is 7.95. The average molecular weight is 285 g/mol. The van der Waals surface area contributed by atoms with E-state index in [9.17, 15) is 0 Å². The van der Waals surface area contributed by atoms with Crippen LogP contribution in [0.15, 0.2) is 24.4 Å². The number of nitrogen functional groups attached to an aromatic ring is 1. The third-order valence-corrected chi connectivity index (χ3v) is 4.62. The standard InChI is InChI=1S/C18H27N3/c1-14(2)21-13-15(12-20-10-5-3-4-6-11-20)18-16(19)8-7-9-17(18)21/h7-9,13-14H,3-6,10-12,19H2,1-2H3. The number of hydrogen-bond donors (Lipinski definition) is 1. The first-order valence-corrected chi connectivity index (χ1v) is 8.27. The van der Waals surface area contributed by atoms with Crippen LogP contribution in [0, 0.1) is 0 Å². The van der Waals surface area contributed by atoms with E-state index < -0.39 is 0 Å². The van der Waals surface area contributed by atoms with Gasteiger partial charge in [-0.3, -0.25) is 4.90 Å². The van der Waals surface area contributed by atoms with Crippen LogP contribution in [-0.4, -0.2) is 22.6 Å². The van der Waals surface area contributed by atoms with Crippen LogP contribution in [0.3, 0.4) is 0 Å². The van der Waals surface area contributed by atoms with Crippen molar-refractivity contribution in [3.05, 3.63) is 30.0 Å². The Hall–Kier alpha value is -1.48. The molecule has 1 aromatic heterocycles. The summed E-state index contributed by atoms with van der Waals surface area (Å²) in [5.41, 5.74) is 9.85. The maximum atomic E-state index is 6.27. The van der Waals surface area contributed by atoms with Crippen LogP contribution in [0.4, 0.5) is 5.69 Å². The third kappa shape index (κ3) is 2.93. The maximum Gasteiger partial charge on any atom is 0.0506 e. The second-order valence-electron chi connectivity index (χ2n) is 6.59. The van der Waals surface area contributed by atoms with Crippen molar-refractivity contribution in [3.63, 3.8) is 0 Å². The second-order valence-corrected chi connectivity index (χ2v) is 6.59. The van der Waals surface area contributed by atoms with Gasteiger partial charge in [0.1, 0.15) is 0 Å². The van der Waals surface area contributed by atoms with Gasteiger partial charge in [0.25, 0.3) is 0 Å². The molecule has 114 valence electrons. The molecule has 1 fully saturated rings. The molecule has 3 nitrogen and oxygen atoms in total. The van der Waals surface area contributed by atoms with Gasteiger partial charge in [0.15, 0.2) is 0 Å². The monoisotopic (exact) mass is 285 g/mol. The normalized spacial score (nSPS) is 17.5. The van der Waals surface area contributed by atoms with Crippen molar-refractivity contribution in [2.24, 2.45) is 0 Å². The minimum absolute atomic E-state index is 0.465. The quantitative estimate of drug-likeness (QED) is 0.858. The van der Waals surface area contributed by atoms with Gasteiger partial charge in [-0.1, -0.05) is 18.9 Å². The zero-order valence-electron chi connectivity index (χ0n) is 13.3. The Kier molecular flexibility index (Phi) is 4.20. The number of fused-ring (bicyclic) bond motifs is 1. The van der Waals surface area contributed by atoms with Crippen molar-refractivity contribution in [2.45, 2.75) is 52.1 Å². The lowest BCUT2D eigenvalue weighted by molar-refractivity contribution is 0.277. The summed E-state index contributed by atoms with van der Waals surface area (Å²) in [6.07, 6.45) is 7.74. The smallest absolute Gasteiger partial charge is 0.0506 e. The Balaban J connectivity index is 1.97. The number of benzene rings is 1. The Morgan fingerprint density at radius 3 is 2.48 bits per heavy atom. The lowest BCUT2D eigenvalue weighted by Crippen LogP contribution is -2.23. The summed E-state index contributed by atoms with van der Waals surface area (Å²) < 4.78 is 2.36. The first-order valence-electron chi connectivity index (χ1n) is 8.27. The van der Waals surface area contributed by atoms with Gasteiger partial charge in [0.2, 0.25) is 0 Å². The molecule has 1 aliphatic heterocycles. The van der Waals surface area contributed by atoms with E-state index in [0.29, 0.717) is 6.04 Å². The minimum atomic E-state index is 0.465. The highest BCUT2D eigenvalue weighted by atomic mass is 15.1. The molecule has 21 heavy (non-hydrogen) atoms. The molecule has 0 unspecified atom stereocenters. The molecule has 1 aromatic carbocycles. The van der Waals surface area contributed by atoms with Gasteiger partial charge >= 0.3 is 0 Å². The molecule has 1 saturated heterocycles. The highest BCUT2D eigenvalue weighted by Crippen LogP contribution is 2.30. The molecule has 3 heteroatoms. The molecule has 0 radical (unpaired) electrons. The lowest BCUT2D eigenvalue weighted by Gasteiger charge is -2.19. The molecule has 0 spiro atoms. The van der Waals surface area contributed by atoms with E-state index in [2.05, 4.69) is 41.6 Å². The summed E-state index contributed by atoms with van der Waals surface area (Å²) in [5.74, 6) is 0. The summed E-state index contributed by atoms with van der Waals surface area (Å²) >= 11 is 0. The van der Waals surface area contributed by atoms with Crippen LogP contribution in [0.25, 0.3) is 10.9 Å². The van der Waals surface area contributed by atoms with Crippen LogP contribution in [0.2, 0.25) is 0 Å². The van der Waals surface area contributed by atoms with Gasteiger partial charge in [-0.05, 0) is 57.5 Å². The van der Waals surface area contributed by atoms with Crippen LogP contribution in [-0.2, 0) is 6.54 Å². The number of rotatable bonds is 3. The van der Waals surface area contributed by atoms with E-state index >= 15 is 0 Å². The largest absolute Gasteiger partial charge is 0.398 e. The topological polar surface area (TPSA) is 34.2 Å². The summed E-state index contributed by atoms with van der Waals surface area (Å²) in [4.78, 5) is 2.60. The molecule has 0 saturated carbocycles. The molecule has 2 aromatic rings. The van der Waals surface area contributed by atoms with Gasteiger partial charge in [0.05, 0.1) is 5.52 Å².